The third-order valence-corrected chi connectivity index (χ3v) is 3.63. The van der Waals surface area contributed by atoms with Crippen molar-refractivity contribution in [2.24, 2.45) is 0 Å². The van der Waals surface area contributed by atoms with Gasteiger partial charge >= 0.3 is 0 Å². The summed E-state index contributed by atoms with van der Waals surface area (Å²) in [6, 6.07) is 2.09. The highest BCUT2D eigenvalue weighted by Crippen LogP contribution is 2.12. The van der Waals surface area contributed by atoms with Crippen molar-refractivity contribution in [2.45, 2.75) is 40.0 Å². The number of rotatable bonds is 4. The third kappa shape index (κ3) is 3.48. The average molecular weight is 291 g/mol. The van der Waals surface area contributed by atoms with Gasteiger partial charge in [-0.05, 0) is 19.9 Å². The first-order valence-corrected chi connectivity index (χ1v) is 7.24. The Bertz CT molecular complexity index is 606. The van der Waals surface area contributed by atoms with Crippen molar-refractivity contribution in [2.75, 3.05) is 19.7 Å². The summed E-state index contributed by atoms with van der Waals surface area (Å²) in [5.41, 5.74) is 2.21. The van der Waals surface area contributed by atoms with E-state index in [4.69, 9.17) is 9.15 Å². The highest BCUT2D eigenvalue weighted by atomic mass is 16.5. The molecule has 0 saturated carbocycles. The minimum Gasteiger partial charge on any atom is -0.424 e. The molecule has 0 unspecified atom stereocenters. The van der Waals surface area contributed by atoms with Gasteiger partial charge in [0.05, 0.1) is 31.5 Å². The van der Waals surface area contributed by atoms with Crippen molar-refractivity contribution in [3.63, 3.8) is 0 Å². The minimum atomic E-state index is 0.140. The van der Waals surface area contributed by atoms with E-state index in [9.17, 15) is 0 Å². The lowest BCUT2D eigenvalue weighted by molar-refractivity contribution is -0.0425. The van der Waals surface area contributed by atoms with Crippen molar-refractivity contribution in [1.82, 2.24) is 24.9 Å². The van der Waals surface area contributed by atoms with Gasteiger partial charge in [-0.1, -0.05) is 0 Å². The molecule has 0 aromatic carbocycles. The zero-order valence-corrected chi connectivity index (χ0v) is 12.7. The second-order valence-electron chi connectivity index (χ2n) is 5.55. The predicted octanol–water partition coefficient (Wildman–Crippen LogP) is 1.09. The zero-order chi connectivity index (χ0) is 14.8. The average Bonchev–Trinajstić information content (AvgIpc) is 2.96. The summed E-state index contributed by atoms with van der Waals surface area (Å²) in [6.07, 6.45) is 0.140. The molecule has 0 radical (unpaired) electrons. The molecule has 1 fully saturated rings. The predicted molar refractivity (Wildman–Crippen MR) is 75.8 cm³/mol. The van der Waals surface area contributed by atoms with Crippen LogP contribution < -0.4 is 0 Å². The molecule has 114 valence electrons. The summed E-state index contributed by atoms with van der Waals surface area (Å²) in [6.45, 7) is 9.79. The van der Waals surface area contributed by atoms with Crippen LogP contribution in [0.4, 0.5) is 0 Å². The second kappa shape index (κ2) is 5.95. The van der Waals surface area contributed by atoms with Crippen LogP contribution in [0.1, 0.15) is 23.2 Å². The van der Waals surface area contributed by atoms with Gasteiger partial charge in [0.2, 0.25) is 11.8 Å². The topological polar surface area (TPSA) is 69.2 Å². The van der Waals surface area contributed by atoms with Crippen molar-refractivity contribution in [3.05, 3.63) is 29.2 Å². The molecule has 7 heteroatoms. The molecule has 1 aliphatic rings. The van der Waals surface area contributed by atoms with Gasteiger partial charge in [0, 0.05) is 25.7 Å². The maximum atomic E-state index is 5.85. The van der Waals surface area contributed by atoms with E-state index in [0.29, 0.717) is 18.3 Å². The molecule has 3 heterocycles. The Balaban J connectivity index is 1.59. The molecule has 1 saturated heterocycles. The first kappa shape index (κ1) is 14.2. The lowest BCUT2D eigenvalue weighted by Crippen LogP contribution is -2.44. The highest BCUT2D eigenvalue weighted by molar-refractivity contribution is 5.06. The molecule has 1 atom stereocenters. The molecular weight excluding hydrogens is 270 g/mol. The molecule has 0 spiro atoms. The Kier molecular flexibility index (Phi) is 4.03. The van der Waals surface area contributed by atoms with Crippen molar-refractivity contribution in [3.8, 4) is 0 Å². The number of morpholine rings is 1. The fraction of sp³-hybridized carbons (Fsp3) is 0.643. The highest BCUT2D eigenvalue weighted by Gasteiger charge is 2.23. The molecular formula is C14H21N5O2. The first-order chi connectivity index (χ1) is 10.1. The standard InChI is InChI=1S/C14H21N5O2/c1-10-6-11(2)19(17-10)8-13-7-18(4-5-20-13)9-14-16-15-12(3)21-14/h6,13H,4-5,7-9H2,1-3H3/t13-/m1/s1. The van der Waals surface area contributed by atoms with Gasteiger partial charge in [0.1, 0.15) is 0 Å². The SMILES string of the molecule is Cc1cc(C)n(C[C@H]2CN(Cc3nnc(C)o3)CCO2)n1. The summed E-state index contributed by atoms with van der Waals surface area (Å²) in [5, 5.41) is 12.4. The van der Waals surface area contributed by atoms with Gasteiger partial charge in [-0.15, -0.1) is 10.2 Å². The van der Waals surface area contributed by atoms with Crippen LogP contribution in [0.25, 0.3) is 0 Å². The van der Waals surface area contributed by atoms with Crippen molar-refractivity contribution >= 4 is 0 Å². The molecule has 3 rings (SSSR count). The van der Waals surface area contributed by atoms with Crippen LogP contribution in [-0.2, 0) is 17.8 Å². The summed E-state index contributed by atoms with van der Waals surface area (Å²) < 4.78 is 13.3. The second-order valence-corrected chi connectivity index (χ2v) is 5.55. The van der Waals surface area contributed by atoms with Crippen LogP contribution in [0.3, 0.4) is 0 Å². The summed E-state index contributed by atoms with van der Waals surface area (Å²) >= 11 is 0. The number of hydrogen-bond donors (Lipinski definition) is 0. The Labute approximate surface area is 123 Å². The van der Waals surface area contributed by atoms with E-state index in [0.717, 1.165) is 31.9 Å². The molecule has 0 amide bonds. The van der Waals surface area contributed by atoms with Gasteiger partial charge < -0.3 is 9.15 Å². The molecule has 2 aromatic heterocycles. The lowest BCUT2D eigenvalue weighted by Gasteiger charge is -2.32. The van der Waals surface area contributed by atoms with E-state index in [1.54, 1.807) is 6.92 Å². The molecule has 2 aromatic rings. The molecule has 7 nitrogen and oxygen atoms in total. The fourth-order valence-corrected chi connectivity index (χ4v) is 2.68. The van der Waals surface area contributed by atoms with E-state index in [2.05, 4.69) is 33.2 Å². The smallest absolute Gasteiger partial charge is 0.230 e. The monoisotopic (exact) mass is 291 g/mol. The van der Waals surface area contributed by atoms with Gasteiger partial charge in [-0.25, -0.2) is 0 Å². The van der Waals surface area contributed by atoms with Crippen LogP contribution in [-0.4, -0.2) is 50.7 Å². The molecule has 21 heavy (non-hydrogen) atoms. The van der Waals surface area contributed by atoms with Crippen LogP contribution in [0.15, 0.2) is 10.5 Å². The van der Waals surface area contributed by atoms with Crippen LogP contribution >= 0.6 is 0 Å². The van der Waals surface area contributed by atoms with Crippen LogP contribution in [0, 0.1) is 20.8 Å². The van der Waals surface area contributed by atoms with Gasteiger partial charge in [0.25, 0.3) is 0 Å². The normalized spacial score (nSPS) is 20.0. The van der Waals surface area contributed by atoms with Gasteiger partial charge in [-0.3, -0.25) is 9.58 Å². The maximum Gasteiger partial charge on any atom is 0.230 e. The number of aromatic nitrogens is 4. The molecule has 0 N–H and O–H groups in total. The van der Waals surface area contributed by atoms with Gasteiger partial charge in [0.15, 0.2) is 0 Å². The Morgan fingerprint density at radius 1 is 1.29 bits per heavy atom. The number of ether oxygens (including phenoxy) is 1. The first-order valence-electron chi connectivity index (χ1n) is 7.24. The van der Waals surface area contributed by atoms with E-state index in [1.165, 1.54) is 5.69 Å². The van der Waals surface area contributed by atoms with Crippen LogP contribution in [0.2, 0.25) is 0 Å². The maximum absolute atomic E-state index is 5.85. The number of nitrogens with zero attached hydrogens (tertiary/aromatic N) is 5. The number of aryl methyl sites for hydroxylation is 3. The molecule has 1 aliphatic heterocycles. The fourth-order valence-electron chi connectivity index (χ4n) is 2.68. The van der Waals surface area contributed by atoms with E-state index in [-0.39, 0.29) is 6.10 Å². The lowest BCUT2D eigenvalue weighted by atomic mass is 10.2. The molecule has 0 bridgehead atoms. The van der Waals surface area contributed by atoms with Crippen molar-refractivity contribution < 1.29 is 9.15 Å². The Morgan fingerprint density at radius 2 is 2.14 bits per heavy atom. The van der Waals surface area contributed by atoms with Crippen LogP contribution in [0.5, 0.6) is 0 Å². The van der Waals surface area contributed by atoms with Crippen molar-refractivity contribution in [1.29, 1.82) is 0 Å². The summed E-state index contributed by atoms with van der Waals surface area (Å²) in [4.78, 5) is 2.28. The minimum absolute atomic E-state index is 0.140. The third-order valence-electron chi connectivity index (χ3n) is 3.63. The summed E-state index contributed by atoms with van der Waals surface area (Å²) in [7, 11) is 0. The van der Waals surface area contributed by atoms with E-state index >= 15 is 0 Å². The Hall–Kier alpha value is -1.73. The number of hydrogen-bond acceptors (Lipinski definition) is 6. The molecule has 0 aliphatic carbocycles. The zero-order valence-electron chi connectivity index (χ0n) is 12.7. The quantitative estimate of drug-likeness (QED) is 0.840. The summed E-state index contributed by atoms with van der Waals surface area (Å²) in [5.74, 6) is 1.27. The van der Waals surface area contributed by atoms with Gasteiger partial charge in [-0.2, -0.15) is 5.10 Å². The van der Waals surface area contributed by atoms with E-state index in [1.807, 2.05) is 11.6 Å². The largest absolute Gasteiger partial charge is 0.424 e. The van der Waals surface area contributed by atoms with E-state index < -0.39 is 0 Å². The Morgan fingerprint density at radius 3 is 2.81 bits per heavy atom.